The minimum Gasteiger partial charge on any atom is -0.852 e. The van der Waals surface area contributed by atoms with Crippen molar-refractivity contribution in [3.63, 3.8) is 0 Å². The Morgan fingerprint density at radius 3 is 2.27 bits per heavy atom. The second-order valence-electron chi connectivity index (χ2n) is 2.50. The largest absolute Gasteiger partial charge is 1.00 e. The molecule has 0 aliphatic heterocycles. The minimum absolute atomic E-state index is 0. The van der Waals surface area contributed by atoms with Crippen LogP contribution in [0.25, 0.3) is 0 Å². The quantitative estimate of drug-likeness (QED) is 0.475. The first kappa shape index (κ1) is 11.8. The van der Waals surface area contributed by atoms with Crippen molar-refractivity contribution in [3.05, 3.63) is 35.9 Å². The number of hydrogen-bond donors (Lipinski definition) is 0. The van der Waals surface area contributed by atoms with E-state index in [1.54, 1.807) is 6.92 Å². The van der Waals surface area contributed by atoms with Crippen LogP contribution in [0.1, 0.15) is 12.5 Å². The maximum absolute atomic E-state index is 10.7. The zero-order valence-corrected chi connectivity index (χ0v) is 10.2. The van der Waals surface area contributed by atoms with Gasteiger partial charge in [0, 0.05) is 0 Å². The summed E-state index contributed by atoms with van der Waals surface area (Å²) < 4.78 is 0. The standard InChI is InChI=1S/C9H11O.K/c1-8(10)7-9-5-3-2-4-6-9;/h2-6,8H,7H2,1H3;/q-1;+1/t8-;/m1./s1. The van der Waals surface area contributed by atoms with E-state index in [-0.39, 0.29) is 51.4 Å². The van der Waals surface area contributed by atoms with Gasteiger partial charge >= 0.3 is 51.4 Å². The van der Waals surface area contributed by atoms with E-state index >= 15 is 0 Å². The van der Waals surface area contributed by atoms with Gasteiger partial charge in [-0.3, -0.25) is 0 Å². The summed E-state index contributed by atoms with van der Waals surface area (Å²) in [6.45, 7) is 1.69. The van der Waals surface area contributed by atoms with Gasteiger partial charge in [-0.25, -0.2) is 0 Å². The third-order valence-corrected chi connectivity index (χ3v) is 1.37. The molecule has 1 nitrogen and oxygen atoms in total. The molecule has 2 heteroatoms. The molecule has 0 aliphatic rings. The van der Waals surface area contributed by atoms with Crippen molar-refractivity contribution in [1.29, 1.82) is 0 Å². The van der Waals surface area contributed by atoms with Gasteiger partial charge in [-0.2, -0.15) is 0 Å². The Morgan fingerprint density at radius 1 is 1.27 bits per heavy atom. The summed E-state index contributed by atoms with van der Waals surface area (Å²) >= 11 is 0. The first-order chi connectivity index (χ1) is 4.79. The molecule has 0 saturated heterocycles. The monoisotopic (exact) mass is 174 g/mol. The van der Waals surface area contributed by atoms with Crippen LogP contribution in [-0.2, 0) is 6.42 Å². The maximum Gasteiger partial charge on any atom is 1.00 e. The first-order valence-corrected chi connectivity index (χ1v) is 3.49. The minimum atomic E-state index is -0.484. The Morgan fingerprint density at radius 2 is 1.82 bits per heavy atom. The molecule has 0 amide bonds. The molecule has 1 rings (SSSR count). The predicted molar refractivity (Wildman–Crippen MR) is 39.6 cm³/mol. The average molecular weight is 174 g/mol. The molecule has 54 valence electrons. The van der Waals surface area contributed by atoms with E-state index < -0.39 is 6.10 Å². The smallest absolute Gasteiger partial charge is 0.852 e. The molecule has 1 aromatic rings. The van der Waals surface area contributed by atoms with Gasteiger partial charge in [-0.1, -0.05) is 37.3 Å². The van der Waals surface area contributed by atoms with Gasteiger partial charge < -0.3 is 5.11 Å². The van der Waals surface area contributed by atoms with Crippen LogP contribution in [0.5, 0.6) is 0 Å². The Kier molecular flexibility index (Phi) is 6.82. The van der Waals surface area contributed by atoms with Crippen molar-refractivity contribution < 1.29 is 56.5 Å². The average Bonchev–Trinajstić information content (AvgIpc) is 1.88. The molecule has 0 spiro atoms. The topological polar surface area (TPSA) is 23.1 Å². The van der Waals surface area contributed by atoms with Crippen LogP contribution >= 0.6 is 0 Å². The van der Waals surface area contributed by atoms with E-state index in [9.17, 15) is 5.11 Å². The van der Waals surface area contributed by atoms with Crippen molar-refractivity contribution in [3.8, 4) is 0 Å². The van der Waals surface area contributed by atoms with Crippen LogP contribution < -0.4 is 56.5 Å². The van der Waals surface area contributed by atoms with E-state index in [0.717, 1.165) is 5.56 Å². The second-order valence-corrected chi connectivity index (χ2v) is 2.50. The molecule has 1 aromatic carbocycles. The summed E-state index contributed by atoms with van der Waals surface area (Å²) in [5.74, 6) is 0. The Hall–Kier alpha value is 0.816. The summed E-state index contributed by atoms with van der Waals surface area (Å²) in [6.07, 6.45) is 0.156. The van der Waals surface area contributed by atoms with Crippen LogP contribution in [0.4, 0.5) is 0 Å². The van der Waals surface area contributed by atoms with Crippen molar-refractivity contribution in [2.45, 2.75) is 19.4 Å². The second kappa shape index (κ2) is 6.35. The predicted octanol–water partition coefficient (Wildman–Crippen LogP) is -2.02. The van der Waals surface area contributed by atoms with E-state index in [1.165, 1.54) is 0 Å². The van der Waals surface area contributed by atoms with Gasteiger partial charge in [0.05, 0.1) is 0 Å². The fourth-order valence-electron chi connectivity index (χ4n) is 0.946. The van der Waals surface area contributed by atoms with Crippen molar-refractivity contribution in [2.75, 3.05) is 0 Å². The van der Waals surface area contributed by atoms with E-state index in [2.05, 4.69) is 0 Å². The number of benzene rings is 1. The molecule has 0 heterocycles. The van der Waals surface area contributed by atoms with Gasteiger partial charge in [-0.15, -0.1) is 6.10 Å². The summed E-state index contributed by atoms with van der Waals surface area (Å²) in [5.41, 5.74) is 1.13. The maximum atomic E-state index is 10.7. The summed E-state index contributed by atoms with van der Waals surface area (Å²) in [6, 6.07) is 9.83. The normalized spacial score (nSPS) is 11.8. The molecular weight excluding hydrogens is 163 g/mol. The fraction of sp³-hybridized carbons (Fsp3) is 0.333. The molecular formula is C9H11KO. The summed E-state index contributed by atoms with van der Waals surface area (Å²) in [4.78, 5) is 0. The number of rotatable bonds is 2. The molecule has 0 N–H and O–H groups in total. The van der Waals surface area contributed by atoms with Gasteiger partial charge in [0.2, 0.25) is 0 Å². The van der Waals surface area contributed by atoms with Crippen LogP contribution in [-0.4, -0.2) is 6.10 Å². The van der Waals surface area contributed by atoms with E-state index in [4.69, 9.17) is 0 Å². The molecule has 0 fully saturated rings. The van der Waals surface area contributed by atoms with Crippen molar-refractivity contribution >= 4 is 0 Å². The van der Waals surface area contributed by atoms with Crippen LogP contribution in [0.3, 0.4) is 0 Å². The van der Waals surface area contributed by atoms with Crippen LogP contribution in [0.2, 0.25) is 0 Å². The number of hydrogen-bond acceptors (Lipinski definition) is 1. The van der Waals surface area contributed by atoms with Gasteiger partial charge in [0.25, 0.3) is 0 Å². The zero-order chi connectivity index (χ0) is 7.40. The summed E-state index contributed by atoms with van der Waals surface area (Å²) in [5, 5.41) is 10.7. The fourth-order valence-corrected chi connectivity index (χ4v) is 0.946. The molecule has 0 aliphatic carbocycles. The SMILES string of the molecule is C[C@@H]([O-])Cc1ccccc1.[K+]. The van der Waals surface area contributed by atoms with Gasteiger partial charge in [0.1, 0.15) is 0 Å². The molecule has 0 aromatic heterocycles. The third kappa shape index (κ3) is 5.12. The molecule has 0 radical (unpaired) electrons. The molecule has 0 saturated carbocycles. The zero-order valence-electron chi connectivity index (χ0n) is 7.08. The van der Waals surface area contributed by atoms with Crippen LogP contribution in [0, 0.1) is 0 Å². The Labute approximate surface area is 110 Å². The van der Waals surface area contributed by atoms with Crippen LogP contribution in [0.15, 0.2) is 30.3 Å². The Bertz CT molecular complexity index is 184. The molecule has 11 heavy (non-hydrogen) atoms. The molecule has 1 atom stereocenters. The third-order valence-electron chi connectivity index (χ3n) is 1.37. The van der Waals surface area contributed by atoms with E-state index in [0.29, 0.717) is 6.42 Å². The molecule has 0 bridgehead atoms. The van der Waals surface area contributed by atoms with E-state index in [1.807, 2.05) is 30.3 Å². The van der Waals surface area contributed by atoms with Gasteiger partial charge in [-0.05, 0) is 12.0 Å². The van der Waals surface area contributed by atoms with Crippen molar-refractivity contribution in [2.24, 2.45) is 0 Å². The first-order valence-electron chi connectivity index (χ1n) is 3.49. The summed E-state index contributed by atoms with van der Waals surface area (Å²) in [7, 11) is 0. The van der Waals surface area contributed by atoms with Crippen molar-refractivity contribution in [1.82, 2.24) is 0 Å². The molecule has 0 unspecified atom stereocenters. The Balaban J connectivity index is 0.000001000. The van der Waals surface area contributed by atoms with Gasteiger partial charge in [0.15, 0.2) is 0 Å².